The van der Waals surface area contributed by atoms with E-state index in [1.54, 1.807) is 12.1 Å². The van der Waals surface area contributed by atoms with Crippen molar-refractivity contribution in [3.63, 3.8) is 0 Å². The molecule has 20 heavy (non-hydrogen) atoms. The van der Waals surface area contributed by atoms with Crippen molar-refractivity contribution >= 4 is 0 Å². The first-order valence-electron chi connectivity index (χ1n) is 7.86. The van der Waals surface area contributed by atoms with Gasteiger partial charge in [-0.05, 0) is 44.0 Å². The van der Waals surface area contributed by atoms with Crippen LogP contribution in [0.5, 0.6) is 5.75 Å². The van der Waals surface area contributed by atoms with Crippen LogP contribution in [0.15, 0.2) is 18.2 Å². The van der Waals surface area contributed by atoms with Crippen LogP contribution < -0.4 is 10.1 Å². The van der Waals surface area contributed by atoms with Crippen LogP contribution in [0.3, 0.4) is 0 Å². The van der Waals surface area contributed by atoms with E-state index < -0.39 is 0 Å². The molecule has 0 aromatic heterocycles. The Labute approximate surface area is 121 Å². The van der Waals surface area contributed by atoms with Crippen molar-refractivity contribution in [2.75, 3.05) is 6.54 Å². The predicted octanol–water partition coefficient (Wildman–Crippen LogP) is 4.60. The number of hydrogen-bond acceptors (Lipinski definition) is 2. The Morgan fingerprint density at radius 2 is 2.10 bits per heavy atom. The lowest BCUT2D eigenvalue weighted by Crippen LogP contribution is -2.44. The molecule has 2 atom stereocenters. The predicted molar refractivity (Wildman–Crippen MR) is 80.6 cm³/mol. The number of benzene rings is 1. The third-order valence-corrected chi connectivity index (χ3v) is 4.24. The Morgan fingerprint density at radius 3 is 2.75 bits per heavy atom. The van der Waals surface area contributed by atoms with E-state index in [1.165, 1.54) is 6.07 Å². The van der Waals surface area contributed by atoms with Gasteiger partial charge in [-0.2, -0.15) is 0 Å². The molecule has 1 aromatic carbocycles. The molecule has 2 unspecified atom stereocenters. The smallest absolute Gasteiger partial charge is 0.125 e. The second kappa shape index (κ2) is 6.57. The number of rotatable bonds is 6. The van der Waals surface area contributed by atoms with E-state index in [0.717, 1.165) is 50.0 Å². The highest BCUT2D eigenvalue weighted by molar-refractivity contribution is 5.39. The van der Waals surface area contributed by atoms with E-state index >= 15 is 0 Å². The highest BCUT2D eigenvalue weighted by Crippen LogP contribution is 2.43. The van der Waals surface area contributed by atoms with Gasteiger partial charge < -0.3 is 10.1 Å². The van der Waals surface area contributed by atoms with Crippen LogP contribution in [0.2, 0.25) is 0 Å². The molecule has 112 valence electrons. The largest absolute Gasteiger partial charge is 0.487 e. The minimum absolute atomic E-state index is 0.106. The first-order valence-corrected chi connectivity index (χ1v) is 7.86. The molecule has 0 bridgehead atoms. The molecule has 3 heteroatoms. The lowest BCUT2D eigenvalue weighted by Gasteiger charge is -2.42. The molecule has 0 saturated heterocycles. The molecular weight excluding hydrogens is 253 g/mol. The average molecular weight is 279 g/mol. The molecular formula is C17H26FNO. The monoisotopic (exact) mass is 279 g/mol. The Balaban J connectivity index is 2.32. The van der Waals surface area contributed by atoms with Gasteiger partial charge in [-0.3, -0.25) is 0 Å². The third-order valence-electron chi connectivity index (χ3n) is 4.24. The third kappa shape index (κ3) is 3.14. The molecule has 1 N–H and O–H groups in total. The summed E-state index contributed by atoms with van der Waals surface area (Å²) in [6.07, 6.45) is 5.14. The number of ether oxygens (including phenoxy) is 1. The zero-order chi connectivity index (χ0) is 14.6. The summed E-state index contributed by atoms with van der Waals surface area (Å²) in [7, 11) is 0. The van der Waals surface area contributed by atoms with E-state index in [2.05, 4.69) is 26.1 Å². The van der Waals surface area contributed by atoms with Gasteiger partial charge in [0.15, 0.2) is 0 Å². The van der Waals surface area contributed by atoms with Gasteiger partial charge in [-0.1, -0.05) is 27.2 Å². The van der Waals surface area contributed by atoms with Gasteiger partial charge >= 0.3 is 0 Å². The second-order valence-electron chi connectivity index (χ2n) is 5.78. The van der Waals surface area contributed by atoms with E-state index in [0.29, 0.717) is 0 Å². The lowest BCUT2D eigenvalue weighted by atomic mass is 9.82. The summed E-state index contributed by atoms with van der Waals surface area (Å²) in [6, 6.07) is 5.09. The van der Waals surface area contributed by atoms with Crippen LogP contribution in [-0.2, 0) is 0 Å². The van der Waals surface area contributed by atoms with Crippen molar-refractivity contribution in [1.82, 2.24) is 5.32 Å². The molecule has 0 saturated carbocycles. The summed E-state index contributed by atoms with van der Waals surface area (Å²) in [4.78, 5) is 0. The van der Waals surface area contributed by atoms with E-state index in [9.17, 15) is 4.39 Å². The molecule has 1 aliphatic rings. The lowest BCUT2D eigenvalue weighted by molar-refractivity contribution is 0.0176. The van der Waals surface area contributed by atoms with Gasteiger partial charge in [0, 0.05) is 18.0 Å². The molecule has 2 nitrogen and oxygen atoms in total. The van der Waals surface area contributed by atoms with Crippen LogP contribution in [0, 0.1) is 5.82 Å². The SMILES string of the molecule is CCCNC1CC(CC)(CCC)Oc2ccc(F)cc21. The summed E-state index contributed by atoms with van der Waals surface area (Å²) >= 11 is 0. The van der Waals surface area contributed by atoms with Crippen molar-refractivity contribution in [1.29, 1.82) is 0 Å². The van der Waals surface area contributed by atoms with Gasteiger partial charge in [0.05, 0.1) is 0 Å². The summed E-state index contributed by atoms with van der Waals surface area (Å²) in [5.74, 6) is 0.664. The minimum Gasteiger partial charge on any atom is -0.487 e. The van der Waals surface area contributed by atoms with Gasteiger partial charge in [0.1, 0.15) is 17.2 Å². The average Bonchev–Trinajstić information content (AvgIpc) is 2.45. The van der Waals surface area contributed by atoms with E-state index in [-0.39, 0.29) is 17.5 Å². The van der Waals surface area contributed by atoms with E-state index in [1.807, 2.05) is 0 Å². The summed E-state index contributed by atoms with van der Waals surface area (Å²) < 4.78 is 19.8. The van der Waals surface area contributed by atoms with Crippen molar-refractivity contribution in [3.8, 4) is 5.75 Å². The molecule has 1 aliphatic heterocycles. The van der Waals surface area contributed by atoms with Gasteiger partial charge in [-0.15, -0.1) is 0 Å². The Morgan fingerprint density at radius 1 is 1.30 bits per heavy atom. The van der Waals surface area contributed by atoms with Crippen molar-refractivity contribution in [3.05, 3.63) is 29.6 Å². The Kier molecular flexibility index (Phi) is 5.03. The van der Waals surface area contributed by atoms with Crippen LogP contribution in [0.25, 0.3) is 0 Å². The van der Waals surface area contributed by atoms with Crippen LogP contribution in [-0.4, -0.2) is 12.1 Å². The standard InChI is InChI=1S/C17H26FNO/c1-4-9-17(6-3)12-15(19-10-5-2)14-11-13(18)7-8-16(14)20-17/h7-8,11,15,19H,4-6,9-10,12H2,1-3H3. The minimum atomic E-state index is -0.185. The maximum Gasteiger partial charge on any atom is 0.125 e. The molecule has 0 fully saturated rings. The fourth-order valence-electron chi connectivity index (χ4n) is 3.14. The van der Waals surface area contributed by atoms with Crippen LogP contribution in [0.1, 0.15) is 64.5 Å². The van der Waals surface area contributed by atoms with Crippen LogP contribution in [0.4, 0.5) is 4.39 Å². The highest BCUT2D eigenvalue weighted by Gasteiger charge is 2.38. The molecule has 1 heterocycles. The van der Waals surface area contributed by atoms with Crippen molar-refractivity contribution in [2.45, 2.75) is 64.5 Å². The normalized spacial score (nSPS) is 25.1. The van der Waals surface area contributed by atoms with Gasteiger partial charge in [0.25, 0.3) is 0 Å². The maximum absolute atomic E-state index is 13.5. The fourth-order valence-corrected chi connectivity index (χ4v) is 3.14. The summed E-state index contributed by atoms with van der Waals surface area (Å²) in [5, 5.41) is 3.56. The van der Waals surface area contributed by atoms with Crippen molar-refractivity contribution < 1.29 is 9.13 Å². The molecule has 2 rings (SSSR count). The van der Waals surface area contributed by atoms with Crippen LogP contribution >= 0.6 is 0 Å². The molecule has 0 aliphatic carbocycles. The zero-order valence-electron chi connectivity index (χ0n) is 12.8. The number of nitrogens with one attached hydrogen (secondary N) is 1. The van der Waals surface area contributed by atoms with Gasteiger partial charge in [-0.25, -0.2) is 4.39 Å². The highest BCUT2D eigenvalue weighted by atomic mass is 19.1. The Hall–Kier alpha value is -1.09. The van der Waals surface area contributed by atoms with Gasteiger partial charge in [0.2, 0.25) is 0 Å². The first kappa shape index (κ1) is 15.3. The topological polar surface area (TPSA) is 21.3 Å². The maximum atomic E-state index is 13.5. The summed E-state index contributed by atoms with van der Waals surface area (Å²) in [6.45, 7) is 7.47. The second-order valence-corrected chi connectivity index (χ2v) is 5.78. The first-order chi connectivity index (χ1) is 9.64. The fraction of sp³-hybridized carbons (Fsp3) is 0.647. The number of hydrogen-bond donors (Lipinski definition) is 1. The molecule has 0 radical (unpaired) electrons. The number of fused-ring (bicyclic) bond motifs is 1. The Bertz CT molecular complexity index is 449. The number of halogens is 1. The molecule has 1 aromatic rings. The summed E-state index contributed by atoms with van der Waals surface area (Å²) in [5.41, 5.74) is 0.865. The van der Waals surface area contributed by atoms with Crippen molar-refractivity contribution in [2.24, 2.45) is 0 Å². The molecule has 0 amide bonds. The zero-order valence-corrected chi connectivity index (χ0v) is 12.8. The van der Waals surface area contributed by atoms with E-state index in [4.69, 9.17) is 4.74 Å². The molecule has 0 spiro atoms. The quantitative estimate of drug-likeness (QED) is 0.822.